The van der Waals surface area contributed by atoms with Crippen LogP contribution < -0.4 is 0 Å². The van der Waals surface area contributed by atoms with Gasteiger partial charge in [-0.15, -0.1) is 5.10 Å². The predicted molar refractivity (Wildman–Crippen MR) is 103 cm³/mol. The monoisotopic (exact) mass is 374 g/mol. The Hall–Kier alpha value is -1.50. The highest BCUT2D eigenvalue weighted by Gasteiger charge is 2.35. The van der Waals surface area contributed by atoms with Gasteiger partial charge >= 0.3 is 0 Å². The molecule has 7 nitrogen and oxygen atoms in total. The van der Waals surface area contributed by atoms with Crippen molar-refractivity contribution in [3.63, 3.8) is 0 Å². The molecule has 4 rings (SSSR count). The van der Waals surface area contributed by atoms with Crippen LogP contribution in [0.1, 0.15) is 57.8 Å². The summed E-state index contributed by atoms with van der Waals surface area (Å²) in [4.78, 5) is 17.8. The van der Waals surface area contributed by atoms with Crippen molar-refractivity contribution in [3.8, 4) is 0 Å². The normalized spacial score (nSPS) is 32.0. The van der Waals surface area contributed by atoms with Crippen LogP contribution in [0.4, 0.5) is 0 Å². The first-order valence-electron chi connectivity index (χ1n) is 10.9. The number of nitrogens with zero attached hydrogens (tertiary/aromatic N) is 6. The molecule has 3 heterocycles. The molecule has 0 unspecified atom stereocenters. The van der Waals surface area contributed by atoms with Crippen molar-refractivity contribution in [3.05, 3.63) is 6.33 Å². The van der Waals surface area contributed by atoms with Gasteiger partial charge in [0.05, 0.1) is 0 Å². The zero-order valence-electron chi connectivity index (χ0n) is 16.7. The van der Waals surface area contributed by atoms with Crippen molar-refractivity contribution in [1.82, 2.24) is 30.0 Å². The molecule has 3 fully saturated rings. The Morgan fingerprint density at radius 2 is 1.89 bits per heavy atom. The minimum absolute atomic E-state index is 0.214. The number of fused-ring (bicyclic) bond motifs is 1. The fourth-order valence-electron chi connectivity index (χ4n) is 5.66. The van der Waals surface area contributed by atoms with Gasteiger partial charge in [-0.2, -0.15) is 0 Å². The Labute approximate surface area is 162 Å². The number of amides is 1. The van der Waals surface area contributed by atoms with E-state index >= 15 is 0 Å². The van der Waals surface area contributed by atoms with Crippen molar-refractivity contribution in [2.24, 2.45) is 17.8 Å². The topological polar surface area (TPSA) is 67.2 Å². The van der Waals surface area contributed by atoms with Crippen molar-refractivity contribution < 1.29 is 4.79 Å². The molecule has 2 atom stereocenters. The molecule has 1 saturated carbocycles. The molecule has 1 aromatic rings. The molecule has 150 valence electrons. The number of hydrogen-bond donors (Lipinski definition) is 0. The Morgan fingerprint density at radius 1 is 1.07 bits per heavy atom. The van der Waals surface area contributed by atoms with E-state index < -0.39 is 0 Å². The molecule has 0 N–H and O–H groups in total. The number of aromatic nitrogens is 4. The van der Waals surface area contributed by atoms with Crippen LogP contribution >= 0.6 is 0 Å². The largest absolute Gasteiger partial charge is 0.345 e. The summed E-state index contributed by atoms with van der Waals surface area (Å²) in [6.07, 6.45) is 12.5. The molecule has 0 bridgehead atoms. The first-order chi connectivity index (χ1) is 13.2. The lowest BCUT2D eigenvalue weighted by Gasteiger charge is -2.45. The van der Waals surface area contributed by atoms with Gasteiger partial charge in [0.25, 0.3) is 0 Å². The maximum atomic E-state index is 13.0. The van der Waals surface area contributed by atoms with Crippen LogP contribution in [0, 0.1) is 17.8 Å². The summed E-state index contributed by atoms with van der Waals surface area (Å²) in [6, 6.07) is 0.717. The Balaban J connectivity index is 1.25. The second kappa shape index (κ2) is 8.67. The van der Waals surface area contributed by atoms with Gasteiger partial charge in [-0.25, -0.2) is 4.68 Å². The van der Waals surface area contributed by atoms with Crippen molar-refractivity contribution in [2.45, 2.75) is 70.4 Å². The minimum atomic E-state index is 0.214. The summed E-state index contributed by atoms with van der Waals surface area (Å²) in [5, 5.41) is 11.4. The van der Waals surface area contributed by atoms with Crippen LogP contribution in [0.2, 0.25) is 0 Å². The van der Waals surface area contributed by atoms with E-state index in [2.05, 4.69) is 25.3 Å². The molecular formula is C20H34N6O. The highest BCUT2D eigenvalue weighted by atomic mass is 16.2. The molecule has 3 aliphatic rings. The highest BCUT2D eigenvalue weighted by molar-refractivity contribution is 5.78. The molecular weight excluding hydrogens is 340 g/mol. The standard InChI is InChI=1S/C20H34N6O/c1-24(14-18-5-4-12-25-11-3-2-6-19(18)25)20(27)17-9-7-16(8-10-17)13-26-15-21-22-23-26/h15-19H,2-14H2,1H3/t16?,17?,18-,19-/m0/s1. The Morgan fingerprint density at radius 3 is 2.67 bits per heavy atom. The highest BCUT2D eigenvalue weighted by Crippen LogP contribution is 2.33. The average molecular weight is 375 g/mol. The first-order valence-corrected chi connectivity index (χ1v) is 10.9. The van der Waals surface area contributed by atoms with Crippen LogP contribution in [-0.4, -0.2) is 68.6 Å². The van der Waals surface area contributed by atoms with Gasteiger partial charge in [-0.05, 0) is 86.7 Å². The third-order valence-corrected chi connectivity index (χ3v) is 7.15. The average Bonchev–Trinajstić information content (AvgIpc) is 3.21. The van der Waals surface area contributed by atoms with Crippen molar-refractivity contribution in [1.29, 1.82) is 0 Å². The summed E-state index contributed by atoms with van der Waals surface area (Å²) in [5.41, 5.74) is 0. The van der Waals surface area contributed by atoms with Gasteiger partial charge in [0, 0.05) is 32.1 Å². The van der Waals surface area contributed by atoms with E-state index in [1.54, 1.807) is 6.33 Å². The zero-order valence-corrected chi connectivity index (χ0v) is 16.7. The lowest BCUT2D eigenvalue weighted by Crippen LogP contribution is -2.51. The van der Waals surface area contributed by atoms with E-state index in [4.69, 9.17) is 0 Å². The van der Waals surface area contributed by atoms with Crippen molar-refractivity contribution >= 4 is 5.91 Å². The molecule has 1 amide bonds. The number of carbonyl (C=O) groups is 1. The molecule has 2 saturated heterocycles. The zero-order chi connectivity index (χ0) is 18.6. The third kappa shape index (κ3) is 4.50. The third-order valence-electron chi connectivity index (χ3n) is 7.15. The van der Waals surface area contributed by atoms with E-state index in [1.807, 2.05) is 11.7 Å². The van der Waals surface area contributed by atoms with Gasteiger partial charge < -0.3 is 9.80 Å². The van der Waals surface area contributed by atoms with Crippen LogP contribution in [0.5, 0.6) is 0 Å². The van der Waals surface area contributed by atoms with Gasteiger partial charge in [0.2, 0.25) is 5.91 Å². The van der Waals surface area contributed by atoms with E-state index in [1.165, 1.54) is 45.2 Å². The molecule has 0 aromatic carbocycles. The number of rotatable bonds is 5. The van der Waals surface area contributed by atoms with E-state index in [-0.39, 0.29) is 5.92 Å². The Bertz CT molecular complexity index is 596. The van der Waals surface area contributed by atoms with E-state index in [0.29, 0.717) is 17.7 Å². The maximum Gasteiger partial charge on any atom is 0.225 e. The summed E-state index contributed by atoms with van der Waals surface area (Å²) >= 11 is 0. The number of piperidine rings is 2. The summed E-state index contributed by atoms with van der Waals surface area (Å²) in [6.45, 7) is 4.36. The lowest BCUT2D eigenvalue weighted by atomic mass is 9.80. The summed E-state index contributed by atoms with van der Waals surface area (Å²) < 4.78 is 1.82. The smallest absolute Gasteiger partial charge is 0.225 e. The summed E-state index contributed by atoms with van der Waals surface area (Å²) in [5.74, 6) is 1.86. The molecule has 1 aromatic heterocycles. The van der Waals surface area contributed by atoms with Gasteiger partial charge in [-0.3, -0.25) is 4.79 Å². The SMILES string of the molecule is CN(C[C@@H]1CCCN2CCCC[C@@H]12)C(=O)C1CCC(Cn2cnnn2)CC1. The predicted octanol–water partition coefficient (Wildman–Crippen LogP) is 2.20. The second-order valence-electron chi connectivity index (χ2n) is 8.97. The summed E-state index contributed by atoms with van der Waals surface area (Å²) in [7, 11) is 2.04. The van der Waals surface area contributed by atoms with E-state index in [0.717, 1.165) is 44.8 Å². The molecule has 7 heteroatoms. The number of carbonyl (C=O) groups excluding carboxylic acids is 1. The van der Waals surface area contributed by atoms with Crippen LogP contribution in [0.25, 0.3) is 0 Å². The van der Waals surface area contributed by atoms with Crippen LogP contribution in [0.3, 0.4) is 0 Å². The second-order valence-corrected chi connectivity index (χ2v) is 8.97. The van der Waals surface area contributed by atoms with Gasteiger partial charge in [-0.1, -0.05) is 6.42 Å². The number of hydrogen-bond acceptors (Lipinski definition) is 5. The molecule has 2 aliphatic heterocycles. The lowest BCUT2D eigenvalue weighted by molar-refractivity contribution is -0.136. The molecule has 0 spiro atoms. The Kier molecular flexibility index (Phi) is 6.05. The molecule has 0 radical (unpaired) electrons. The van der Waals surface area contributed by atoms with Crippen LogP contribution in [-0.2, 0) is 11.3 Å². The van der Waals surface area contributed by atoms with Gasteiger partial charge in [0.1, 0.15) is 6.33 Å². The first kappa shape index (κ1) is 18.8. The molecule has 27 heavy (non-hydrogen) atoms. The maximum absolute atomic E-state index is 13.0. The molecule has 1 aliphatic carbocycles. The van der Waals surface area contributed by atoms with Gasteiger partial charge in [0.15, 0.2) is 0 Å². The fraction of sp³-hybridized carbons (Fsp3) is 0.900. The van der Waals surface area contributed by atoms with E-state index in [9.17, 15) is 4.79 Å². The minimum Gasteiger partial charge on any atom is -0.345 e. The fourth-order valence-corrected chi connectivity index (χ4v) is 5.66. The van der Waals surface area contributed by atoms with Crippen LogP contribution in [0.15, 0.2) is 6.33 Å². The quantitative estimate of drug-likeness (QED) is 0.790. The number of tetrazole rings is 1. The van der Waals surface area contributed by atoms with Crippen molar-refractivity contribution in [2.75, 3.05) is 26.7 Å².